The largest absolute Gasteiger partial charge is 0.378 e. The summed E-state index contributed by atoms with van der Waals surface area (Å²) in [5, 5.41) is 13.8. The summed E-state index contributed by atoms with van der Waals surface area (Å²) < 4.78 is 5.03. The third-order valence-electron chi connectivity index (χ3n) is 2.40. The Hall–Kier alpha value is -1.62. The number of hydrogen-bond donors (Lipinski definition) is 1. The van der Waals surface area contributed by atoms with E-state index in [0.717, 1.165) is 5.69 Å². The van der Waals surface area contributed by atoms with E-state index < -0.39 is 0 Å². The van der Waals surface area contributed by atoms with Crippen molar-refractivity contribution in [3.8, 4) is 0 Å². The monoisotopic (exact) mass is 208 g/mol. The molecule has 1 aromatic rings. The predicted octanol–water partition coefficient (Wildman–Crippen LogP) is 1.71. The van der Waals surface area contributed by atoms with Gasteiger partial charge >= 0.3 is 0 Å². The van der Waals surface area contributed by atoms with Crippen molar-refractivity contribution >= 4 is 11.4 Å². The summed E-state index contributed by atoms with van der Waals surface area (Å²) in [6.07, 6.45) is 0. The van der Waals surface area contributed by atoms with Gasteiger partial charge in [-0.15, -0.1) is 0 Å². The second kappa shape index (κ2) is 3.86. The van der Waals surface area contributed by atoms with Crippen molar-refractivity contribution in [1.29, 1.82) is 0 Å². The van der Waals surface area contributed by atoms with E-state index >= 15 is 0 Å². The Morgan fingerprint density at radius 3 is 2.73 bits per heavy atom. The zero-order chi connectivity index (χ0) is 10.8. The SMILES string of the molecule is Cc1cc(NC2COC2)ccc1[N+](=O)[O-]. The van der Waals surface area contributed by atoms with Crippen molar-refractivity contribution in [1.82, 2.24) is 0 Å². The number of aryl methyl sites for hydroxylation is 1. The molecular weight excluding hydrogens is 196 g/mol. The second-order valence-electron chi connectivity index (χ2n) is 3.64. The maximum atomic E-state index is 10.6. The Kier molecular flexibility index (Phi) is 2.55. The summed E-state index contributed by atoms with van der Waals surface area (Å²) in [7, 11) is 0. The highest BCUT2D eigenvalue weighted by atomic mass is 16.6. The van der Waals surface area contributed by atoms with Gasteiger partial charge in [0.1, 0.15) is 0 Å². The lowest BCUT2D eigenvalue weighted by Crippen LogP contribution is -2.40. The number of nitrogens with one attached hydrogen (secondary N) is 1. The molecule has 0 bridgehead atoms. The molecule has 0 spiro atoms. The number of nitro benzene ring substituents is 1. The molecule has 2 rings (SSSR count). The summed E-state index contributed by atoms with van der Waals surface area (Å²) in [6.45, 7) is 3.15. The molecular formula is C10H12N2O3. The van der Waals surface area contributed by atoms with Crippen molar-refractivity contribution < 1.29 is 9.66 Å². The first-order valence-corrected chi connectivity index (χ1v) is 4.76. The van der Waals surface area contributed by atoms with Gasteiger partial charge in [-0.05, 0) is 19.1 Å². The maximum absolute atomic E-state index is 10.6. The van der Waals surface area contributed by atoms with E-state index in [-0.39, 0.29) is 10.6 Å². The Balaban J connectivity index is 2.13. The molecule has 1 N–H and O–H groups in total. The first-order valence-electron chi connectivity index (χ1n) is 4.76. The molecule has 5 nitrogen and oxygen atoms in total. The molecule has 1 aromatic carbocycles. The van der Waals surface area contributed by atoms with Crippen LogP contribution in [-0.4, -0.2) is 24.2 Å². The van der Waals surface area contributed by atoms with Gasteiger partial charge in [0, 0.05) is 17.3 Å². The average Bonchev–Trinajstić information content (AvgIpc) is 2.11. The molecule has 5 heteroatoms. The molecule has 15 heavy (non-hydrogen) atoms. The minimum Gasteiger partial charge on any atom is -0.378 e. The Morgan fingerprint density at radius 2 is 2.27 bits per heavy atom. The van der Waals surface area contributed by atoms with Crippen LogP contribution < -0.4 is 5.32 Å². The van der Waals surface area contributed by atoms with Gasteiger partial charge in [-0.25, -0.2) is 0 Å². The highest BCUT2D eigenvalue weighted by Gasteiger charge is 2.18. The van der Waals surface area contributed by atoms with Crippen LogP contribution in [0.5, 0.6) is 0 Å². The highest BCUT2D eigenvalue weighted by Crippen LogP contribution is 2.22. The van der Waals surface area contributed by atoms with E-state index in [0.29, 0.717) is 24.8 Å². The van der Waals surface area contributed by atoms with Crippen LogP contribution in [0.15, 0.2) is 18.2 Å². The second-order valence-corrected chi connectivity index (χ2v) is 3.64. The highest BCUT2D eigenvalue weighted by molar-refractivity contribution is 5.54. The van der Waals surface area contributed by atoms with E-state index in [1.165, 1.54) is 6.07 Å². The molecule has 0 atom stereocenters. The fraction of sp³-hybridized carbons (Fsp3) is 0.400. The predicted molar refractivity (Wildman–Crippen MR) is 56.1 cm³/mol. The van der Waals surface area contributed by atoms with Gasteiger partial charge in [0.05, 0.1) is 24.2 Å². The van der Waals surface area contributed by atoms with E-state index in [1.807, 2.05) is 0 Å². The number of rotatable bonds is 3. The zero-order valence-electron chi connectivity index (χ0n) is 8.40. The molecule has 1 heterocycles. The van der Waals surface area contributed by atoms with Crippen molar-refractivity contribution in [2.24, 2.45) is 0 Å². The number of ether oxygens (including phenoxy) is 1. The maximum Gasteiger partial charge on any atom is 0.272 e. The molecule has 1 saturated heterocycles. The lowest BCUT2D eigenvalue weighted by molar-refractivity contribution is -0.385. The van der Waals surface area contributed by atoms with E-state index in [4.69, 9.17) is 4.74 Å². The van der Waals surface area contributed by atoms with Gasteiger partial charge in [0.15, 0.2) is 0 Å². The number of nitro groups is 1. The summed E-state index contributed by atoms with van der Waals surface area (Å²) in [4.78, 5) is 10.2. The molecule has 0 amide bonds. The fourth-order valence-electron chi connectivity index (χ4n) is 1.50. The third kappa shape index (κ3) is 2.07. The van der Waals surface area contributed by atoms with Crippen molar-refractivity contribution in [3.05, 3.63) is 33.9 Å². The molecule has 1 fully saturated rings. The van der Waals surface area contributed by atoms with Crippen molar-refractivity contribution in [2.75, 3.05) is 18.5 Å². The first kappa shape index (κ1) is 9.92. The van der Waals surface area contributed by atoms with Crippen LogP contribution in [0, 0.1) is 17.0 Å². The summed E-state index contributed by atoms with van der Waals surface area (Å²) >= 11 is 0. The first-order chi connectivity index (χ1) is 7.16. The lowest BCUT2D eigenvalue weighted by Gasteiger charge is -2.27. The Labute approximate surface area is 87.2 Å². The average molecular weight is 208 g/mol. The van der Waals surface area contributed by atoms with Crippen LogP contribution in [0.2, 0.25) is 0 Å². The quantitative estimate of drug-likeness (QED) is 0.606. The van der Waals surface area contributed by atoms with Crippen molar-refractivity contribution in [2.45, 2.75) is 13.0 Å². The number of benzene rings is 1. The van der Waals surface area contributed by atoms with Crippen molar-refractivity contribution in [3.63, 3.8) is 0 Å². The van der Waals surface area contributed by atoms with E-state index in [1.54, 1.807) is 19.1 Å². The Bertz CT molecular complexity index is 388. The smallest absolute Gasteiger partial charge is 0.272 e. The molecule has 0 unspecified atom stereocenters. The molecule has 0 aliphatic carbocycles. The third-order valence-corrected chi connectivity index (χ3v) is 2.40. The molecule has 80 valence electrons. The number of nitrogens with zero attached hydrogens (tertiary/aromatic N) is 1. The molecule has 0 radical (unpaired) electrons. The van der Waals surface area contributed by atoms with Gasteiger partial charge in [-0.1, -0.05) is 0 Å². The summed E-state index contributed by atoms with van der Waals surface area (Å²) in [5.41, 5.74) is 1.74. The zero-order valence-corrected chi connectivity index (χ0v) is 8.40. The summed E-state index contributed by atoms with van der Waals surface area (Å²) in [5.74, 6) is 0. The molecule has 1 aliphatic heterocycles. The van der Waals surface area contributed by atoms with Gasteiger partial charge in [0.2, 0.25) is 0 Å². The Morgan fingerprint density at radius 1 is 1.53 bits per heavy atom. The standard InChI is InChI=1S/C10H12N2O3/c1-7-4-8(11-9-5-15-6-9)2-3-10(7)12(13)14/h2-4,9,11H,5-6H2,1H3. The normalized spacial score (nSPS) is 15.8. The van der Waals surface area contributed by atoms with Crippen LogP contribution in [0.25, 0.3) is 0 Å². The van der Waals surface area contributed by atoms with Gasteiger partial charge in [-0.3, -0.25) is 10.1 Å². The fourth-order valence-corrected chi connectivity index (χ4v) is 1.50. The number of anilines is 1. The van der Waals surface area contributed by atoms with Gasteiger partial charge in [-0.2, -0.15) is 0 Å². The van der Waals surface area contributed by atoms with Gasteiger partial charge < -0.3 is 10.1 Å². The topological polar surface area (TPSA) is 64.4 Å². The van der Waals surface area contributed by atoms with E-state index in [9.17, 15) is 10.1 Å². The molecule has 0 aromatic heterocycles. The number of hydrogen-bond acceptors (Lipinski definition) is 4. The van der Waals surface area contributed by atoms with Crippen LogP contribution in [0.3, 0.4) is 0 Å². The van der Waals surface area contributed by atoms with Crippen LogP contribution in [0.1, 0.15) is 5.56 Å². The van der Waals surface area contributed by atoms with Crippen LogP contribution in [0.4, 0.5) is 11.4 Å². The summed E-state index contributed by atoms with van der Waals surface area (Å²) in [6, 6.07) is 5.38. The minimum absolute atomic E-state index is 0.158. The molecule has 1 aliphatic rings. The van der Waals surface area contributed by atoms with Gasteiger partial charge in [0.25, 0.3) is 5.69 Å². The minimum atomic E-state index is -0.369. The van der Waals surface area contributed by atoms with E-state index in [2.05, 4.69) is 5.32 Å². The van der Waals surface area contributed by atoms with Crippen LogP contribution in [-0.2, 0) is 4.74 Å². The van der Waals surface area contributed by atoms with Crippen LogP contribution >= 0.6 is 0 Å². The molecule has 0 saturated carbocycles. The lowest BCUT2D eigenvalue weighted by atomic mass is 10.1.